The molecule has 0 atom stereocenters. The summed E-state index contributed by atoms with van der Waals surface area (Å²) in [5, 5.41) is 11.7. The van der Waals surface area contributed by atoms with Crippen LogP contribution in [-0.2, 0) is 12.3 Å². The fraction of sp³-hybridized carbons (Fsp3) is 0.400. The van der Waals surface area contributed by atoms with Crippen molar-refractivity contribution in [3.05, 3.63) is 39.4 Å². The molecule has 5 heteroatoms. The van der Waals surface area contributed by atoms with E-state index in [1.165, 1.54) is 0 Å². The number of halogens is 2. The van der Waals surface area contributed by atoms with Crippen molar-refractivity contribution in [1.82, 2.24) is 0 Å². The number of aryl methyl sites for hydroxylation is 1. The standard InChI is InChI=1S/C10H11BrClNO2/c11-6-2-5-8-3-1-4-9(7-12)10(8)13(14)15/h1,3-4H,2,5-7H2. The third-order valence-electron chi connectivity index (χ3n) is 2.11. The molecular formula is C10H11BrClNO2. The van der Waals surface area contributed by atoms with Crippen molar-refractivity contribution in [3.63, 3.8) is 0 Å². The fourth-order valence-corrected chi connectivity index (χ4v) is 1.94. The van der Waals surface area contributed by atoms with Crippen molar-refractivity contribution in [1.29, 1.82) is 0 Å². The fourth-order valence-electron chi connectivity index (χ4n) is 1.45. The van der Waals surface area contributed by atoms with E-state index in [9.17, 15) is 10.1 Å². The first-order valence-corrected chi connectivity index (χ1v) is 6.23. The Balaban J connectivity index is 3.07. The van der Waals surface area contributed by atoms with Crippen molar-refractivity contribution < 1.29 is 4.92 Å². The van der Waals surface area contributed by atoms with Crippen LogP contribution >= 0.6 is 27.5 Å². The summed E-state index contributed by atoms with van der Waals surface area (Å²) in [5.41, 5.74) is 1.53. The van der Waals surface area contributed by atoms with Crippen LogP contribution in [-0.4, -0.2) is 10.3 Å². The van der Waals surface area contributed by atoms with Gasteiger partial charge in [0.05, 0.1) is 10.8 Å². The van der Waals surface area contributed by atoms with Crippen LogP contribution in [0.15, 0.2) is 18.2 Å². The van der Waals surface area contributed by atoms with Gasteiger partial charge in [-0.15, -0.1) is 11.6 Å². The highest BCUT2D eigenvalue weighted by atomic mass is 79.9. The Morgan fingerprint density at radius 2 is 2.07 bits per heavy atom. The van der Waals surface area contributed by atoms with Crippen LogP contribution in [0.4, 0.5) is 5.69 Å². The van der Waals surface area contributed by atoms with Crippen molar-refractivity contribution >= 4 is 33.2 Å². The number of nitro groups is 1. The first-order valence-electron chi connectivity index (χ1n) is 4.57. The van der Waals surface area contributed by atoms with E-state index >= 15 is 0 Å². The SMILES string of the molecule is O=[N+]([O-])c1c(CCl)cccc1CCCBr. The van der Waals surface area contributed by atoms with Crippen LogP contribution < -0.4 is 0 Å². The maximum atomic E-state index is 10.9. The lowest BCUT2D eigenvalue weighted by Crippen LogP contribution is -1.99. The zero-order valence-corrected chi connectivity index (χ0v) is 10.4. The molecule has 0 unspecified atom stereocenters. The molecule has 0 saturated heterocycles. The van der Waals surface area contributed by atoms with Gasteiger partial charge in [0.2, 0.25) is 0 Å². The first kappa shape index (κ1) is 12.5. The van der Waals surface area contributed by atoms with Gasteiger partial charge < -0.3 is 0 Å². The first-order chi connectivity index (χ1) is 7.20. The Hall–Kier alpha value is -0.610. The zero-order valence-electron chi connectivity index (χ0n) is 8.08. The molecule has 0 aromatic heterocycles. The number of nitro benzene ring substituents is 1. The van der Waals surface area contributed by atoms with E-state index in [4.69, 9.17) is 11.6 Å². The Kier molecular flexibility index (Phi) is 5.05. The predicted molar refractivity (Wildman–Crippen MR) is 64.8 cm³/mol. The van der Waals surface area contributed by atoms with Crippen molar-refractivity contribution in [3.8, 4) is 0 Å². The molecule has 0 aliphatic carbocycles. The van der Waals surface area contributed by atoms with Crippen molar-refractivity contribution in [2.24, 2.45) is 0 Å². The number of benzene rings is 1. The minimum Gasteiger partial charge on any atom is -0.258 e. The van der Waals surface area contributed by atoms with E-state index < -0.39 is 0 Å². The molecule has 0 saturated carbocycles. The van der Waals surface area contributed by atoms with E-state index in [0.29, 0.717) is 12.0 Å². The Labute approximate surface area is 102 Å². The largest absolute Gasteiger partial charge is 0.276 e. The number of para-hydroxylation sites is 1. The van der Waals surface area contributed by atoms with E-state index in [2.05, 4.69) is 15.9 Å². The summed E-state index contributed by atoms with van der Waals surface area (Å²) in [6.07, 6.45) is 1.58. The van der Waals surface area contributed by atoms with Gasteiger partial charge in [-0.05, 0) is 12.8 Å². The van der Waals surface area contributed by atoms with E-state index in [-0.39, 0.29) is 16.5 Å². The van der Waals surface area contributed by atoms with E-state index in [1.807, 2.05) is 6.07 Å². The van der Waals surface area contributed by atoms with Gasteiger partial charge in [-0.25, -0.2) is 0 Å². The molecule has 0 radical (unpaired) electrons. The lowest BCUT2D eigenvalue weighted by atomic mass is 10.0. The molecule has 1 rings (SSSR count). The normalized spacial score (nSPS) is 10.3. The number of alkyl halides is 2. The minimum absolute atomic E-state index is 0.174. The second-order valence-electron chi connectivity index (χ2n) is 3.11. The van der Waals surface area contributed by atoms with Crippen molar-refractivity contribution in [2.75, 3.05) is 5.33 Å². The topological polar surface area (TPSA) is 43.1 Å². The Bertz CT molecular complexity index is 357. The molecule has 0 N–H and O–H groups in total. The number of nitrogens with zero attached hydrogens (tertiary/aromatic N) is 1. The predicted octanol–water partition coefficient (Wildman–Crippen LogP) is 3.66. The Morgan fingerprint density at radius 1 is 1.40 bits per heavy atom. The molecule has 3 nitrogen and oxygen atoms in total. The summed E-state index contributed by atoms with van der Waals surface area (Å²) in [7, 11) is 0. The lowest BCUT2D eigenvalue weighted by molar-refractivity contribution is -0.386. The summed E-state index contributed by atoms with van der Waals surface area (Å²) >= 11 is 8.98. The maximum absolute atomic E-state index is 10.9. The van der Waals surface area contributed by atoms with Gasteiger partial charge in [-0.1, -0.05) is 34.1 Å². The molecule has 0 aliphatic heterocycles. The average molecular weight is 293 g/mol. The quantitative estimate of drug-likeness (QED) is 0.472. The molecule has 0 spiro atoms. The molecule has 82 valence electrons. The highest BCUT2D eigenvalue weighted by Crippen LogP contribution is 2.26. The van der Waals surface area contributed by atoms with Gasteiger partial charge in [0.1, 0.15) is 0 Å². The molecular weight excluding hydrogens is 281 g/mol. The number of hydrogen-bond donors (Lipinski definition) is 0. The van der Waals surface area contributed by atoms with Crippen LogP contribution in [0, 0.1) is 10.1 Å². The molecule has 0 bridgehead atoms. The highest BCUT2D eigenvalue weighted by Gasteiger charge is 2.17. The van der Waals surface area contributed by atoms with Crippen molar-refractivity contribution in [2.45, 2.75) is 18.7 Å². The number of rotatable bonds is 5. The van der Waals surface area contributed by atoms with Gasteiger partial charge in [0.25, 0.3) is 5.69 Å². The average Bonchev–Trinajstić information content (AvgIpc) is 2.25. The second kappa shape index (κ2) is 6.08. The van der Waals surface area contributed by atoms with Gasteiger partial charge in [0.15, 0.2) is 0 Å². The monoisotopic (exact) mass is 291 g/mol. The third-order valence-corrected chi connectivity index (χ3v) is 2.96. The highest BCUT2D eigenvalue weighted by molar-refractivity contribution is 9.09. The number of hydrogen-bond acceptors (Lipinski definition) is 2. The van der Waals surface area contributed by atoms with Crippen LogP contribution in [0.3, 0.4) is 0 Å². The smallest absolute Gasteiger partial charge is 0.258 e. The molecule has 0 amide bonds. The van der Waals surface area contributed by atoms with Crippen LogP contribution in [0.2, 0.25) is 0 Å². The van der Waals surface area contributed by atoms with Crippen LogP contribution in [0.1, 0.15) is 17.5 Å². The zero-order chi connectivity index (χ0) is 11.3. The summed E-state index contributed by atoms with van der Waals surface area (Å²) in [4.78, 5) is 10.6. The summed E-state index contributed by atoms with van der Waals surface area (Å²) < 4.78 is 0. The van der Waals surface area contributed by atoms with E-state index in [1.54, 1.807) is 12.1 Å². The van der Waals surface area contributed by atoms with Gasteiger partial charge in [-0.3, -0.25) is 10.1 Å². The summed E-state index contributed by atoms with van der Waals surface area (Å²) in [6, 6.07) is 5.30. The van der Waals surface area contributed by atoms with Gasteiger partial charge in [0, 0.05) is 16.5 Å². The minimum atomic E-state index is -0.346. The van der Waals surface area contributed by atoms with Gasteiger partial charge >= 0.3 is 0 Å². The molecule has 0 aliphatic rings. The third kappa shape index (κ3) is 3.18. The Morgan fingerprint density at radius 3 is 2.60 bits per heavy atom. The molecule has 15 heavy (non-hydrogen) atoms. The summed E-state index contributed by atoms with van der Waals surface area (Å²) in [6.45, 7) is 0. The van der Waals surface area contributed by atoms with Crippen LogP contribution in [0.25, 0.3) is 0 Å². The molecule has 1 aromatic rings. The van der Waals surface area contributed by atoms with Crippen LogP contribution in [0.5, 0.6) is 0 Å². The van der Waals surface area contributed by atoms with E-state index in [0.717, 1.165) is 17.3 Å². The molecule has 0 heterocycles. The van der Waals surface area contributed by atoms with Gasteiger partial charge in [-0.2, -0.15) is 0 Å². The maximum Gasteiger partial charge on any atom is 0.276 e. The molecule has 0 fully saturated rings. The lowest BCUT2D eigenvalue weighted by Gasteiger charge is -2.04. The molecule has 1 aromatic carbocycles. The summed E-state index contributed by atoms with van der Waals surface area (Å²) in [5.74, 6) is 0.179. The second-order valence-corrected chi connectivity index (χ2v) is 4.17.